The molecule has 4 aromatic rings. The lowest BCUT2D eigenvalue weighted by Gasteiger charge is -2.19. The Kier molecular flexibility index (Phi) is 5.26. The first-order chi connectivity index (χ1) is 14.8. The van der Waals surface area contributed by atoms with Gasteiger partial charge in [0.25, 0.3) is 0 Å². The van der Waals surface area contributed by atoms with E-state index in [2.05, 4.69) is 33.5 Å². The number of benzene rings is 1. The summed E-state index contributed by atoms with van der Waals surface area (Å²) < 4.78 is 15.4. The van der Waals surface area contributed by atoms with Gasteiger partial charge in [-0.25, -0.2) is 8.91 Å². The minimum Gasteiger partial charge on any atom is -0.315 e. The highest BCUT2D eigenvalue weighted by Gasteiger charge is 2.17. The molecule has 0 bridgehead atoms. The first-order valence-corrected chi connectivity index (χ1v) is 10.4. The van der Waals surface area contributed by atoms with Crippen molar-refractivity contribution in [1.82, 2.24) is 24.8 Å². The number of halogens is 1. The molecule has 1 saturated heterocycles. The zero-order valence-electron chi connectivity index (χ0n) is 16.8. The summed E-state index contributed by atoms with van der Waals surface area (Å²) in [4.78, 5) is 6.63. The van der Waals surface area contributed by atoms with E-state index in [-0.39, 0.29) is 5.82 Å². The Balaban J connectivity index is 1.58. The molecule has 0 amide bonds. The molecule has 1 N–H and O–H groups in total. The molecule has 3 aromatic heterocycles. The Morgan fingerprint density at radius 1 is 0.900 bits per heavy atom. The van der Waals surface area contributed by atoms with Gasteiger partial charge in [0.2, 0.25) is 0 Å². The molecule has 1 fully saturated rings. The maximum absolute atomic E-state index is 13.5. The highest BCUT2D eigenvalue weighted by molar-refractivity contribution is 5.92. The molecule has 0 aliphatic carbocycles. The van der Waals surface area contributed by atoms with Crippen LogP contribution in [0, 0.1) is 5.82 Å². The van der Waals surface area contributed by atoms with Gasteiger partial charge in [-0.3, -0.25) is 9.88 Å². The number of pyridine rings is 2. The number of nitrogens with one attached hydrogen (secondary N) is 1. The first-order valence-electron chi connectivity index (χ1n) is 10.4. The number of nitrogens with zero attached hydrogens (tertiary/aromatic N) is 4. The third kappa shape index (κ3) is 3.84. The molecule has 0 spiro atoms. The van der Waals surface area contributed by atoms with Gasteiger partial charge < -0.3 is 5.32 Å². The van der Waals surface area contributed by atoms with Crippen LogP contribution in [-0.2, 0) is 6.54 Å². The van der Waals surface area contributed by atoms with Crippen molar-refractivity contribution in [3.05, 3.63) is 78.5 Å². The molecule has 30 heavy (non-hydrogen) atoms. The monoisotopic (exact) mass is 401 g/mol. The lowest BCUT2D eigenvalue weighted by molar-refractivity contribution is 0.284. The van der Waals surface area contributed by atoms with Crippen molar-refractivity contribution in [2.45, 2.75) is 13.0 Å². The molecular weight excluding hydrogens is 377 g/mol. The summed E-state index contributed by atoms with van der Waals surface area (Å²) in [5.41, 5.74) is 6.09. The molecular formula is C24H24FN5. The van der Waals surface area contributed by atoms with Crippen molar-refractivity contribution < 1.29 is 4.39 Å². The van der Waals surface area contributed by atoms with Crippen LogP contribution in [-0.4, -0.2) is 45.7 Å². The van der Waals surface area contributed by atoms with Crippen molar-refractivity contribution >= 4 is 5.52 Å². The van der Waals surface area contributed by atoms with Gasteiger partial charge in [-0.1, -0.05) is 6.07 Å². The lowest BCUT2D eigenvalue weighted by Crippen LogP contribution is -2.27. The van der Waals surface area contributed by atoms with Crippen molar-refractivity contribution in [1.29, 1.82) is 0 Å². The van der Waals surface area contributed by atoms with Gasteiger partial charge in [0.15, 0.2) is 0 Å². The zero-order chi connectivity index (χ0) is 20.3. The van der Waals surface area contributed by atoms with Crippen LogP contribution in [0.25, 0.3) is 27.9 Å². The summed E-state index contributed by atoms with van der Waals surface area (Å²) in [6.45, 7) is 5.19. The van der Waals surface area contributed by atoms with Crippen molar-refractivity contribution in [2.75, 3.05) is 26.2 Å². The average molecular weight is 401 g/mol. The largest absolute Gasteiger partial charge is 0.315 e. The Morgan fingerprint density at radius 2 is 1.73 bits per heavy atom. The summed E-state index contributed by atoms with van der Waals surface area (Å²) in [5, 5.41) is 8.36. The van der Waals surface area contributed by atoms with Crippen LogP contribution in [0.2, 0.25) is 0 Å². The van der Waals surface area contributed by atoms with Crippen LogP contribution in [0.1, 0.15) is 12.0 Å². The Bertz CT molecular complexity index is 1130. The summed E-state index contributed by atoms with van der Waals surface area (Å²) in [5.74, 6) is -0.248. The fraction of sp³-hybridized carbons (Fsp3) is 0.250. The van der Waals surface area contributed by atoms with E-state index in [1.165, 1.54) is 24.1 Å². The van der Waals surface area contributed by atoms with Crippen LogP contribution in [0.15, 0.2) is 67.1 Å². The maximum atomic E-state index is 13.5. The van der Waals surface area contributed by atoms with E-state index in [0.717, 1.165) is 60.6 Å². The quantitative estimate of drug-likeness (QED) is 0.562. The molecule has 5 rings (SSSR count). The van der Waals surface area contributed by atoms with Gasteiger partial charge in [-0.05, 0) is 73.1 Å². The molecule has 0 atom stereocenters. The molecule has 0 unspecified atom stereocenters. The van der Waals surface area contributed by atoms with E-state index in [0.29, 0.717) is 0 Å². The van der Waals surface area contributed by atoms with E-state index < -0.39 is 0 Å². The predicted octanol–water partition coefficient (Wildman–Crippen LogP) is 4.00. The smallest absolute Gasteiger partial charge is 0.123 e. The van der Waals surface area contributed by atoms with E-state index in [9.17, 15) is 4.39 Å². The third-order valence-electron chi connectivity index (χ3n) is 5.62. The highest BCUT2D eigenvalue weighted by atomic mass is 19.1. The van der Waals surface area contributed by atoms with Crippen LogP contribution in [0.3, 0.4) is 0 Å². The lowest BCUT2D eigenvalue weighted by atomic mass is 10.0. The van der Waals surface area contributed by atoms with Crippen LogP contribution < -0.4 is 5.32 Å². The Morgan fingerprint density at radius 3 is 2.57 bits per heavy atom. The summed E-state index contributed by atoms with van der Waals surface area (Å²) in [6.07, 6.45) is 6.86. The first kappa shape index (κ1) is 18.9. The normalized spacial score (nSPS) is 15.4. The van der Waals surface area contributed by atoms with Crippen molar-refractivity contribution in [2.24, 2.45) is 0 Å². The van der Waals surface area contributed by atoms with Gasteiger partial charge >= 0.3 is 0 Å². The van der Waals surface area contributed by atoms with Gasteiger partial charge in [0.05, 0.1) is 5.52 Å². The fourth-order valence-electron chi connectivity index (χ4n) is 4.12. The molecule has 5 nitrogen and oxygen atoms in total. The van der Waals surface area contributed by atoms with E-state index >= 15 is 0 Å². The second-order valence-electron chi connectivity index (χ2n) is 7.71. The highest BCUT2D eigenvalue weighted by Crippen LogP contribution is 2.35. The topological polar surface area (TPSA) is 45.5 Å². The number of rotatable bonds is 4. The van der Waals surface area contributed by atoms with Gasteiger partial charge in [0, 0.05) is 49.4 Å². The molecule has 152 valence electrons. The number of hydrogen-bond donors (Lipinski definition) is 1. The molecule has 1 aromatic carbocycles. The van der Waals surface area contributed by atoms with E-state index in [1.54, 1.807) is 24.5 Å². The minimum absolute atomic E-state index is 0.248. The average Bonchev–Trinajstić information content (AvgIpc) is 2.95. The second kappa shape index (κ2) is 8.34. The van der Waals surface area contributed by atoms with Gasteiger partial charge in [-0.2, -0.15) is 5.10 Å². The number of hydrogen-bond acceptors (Lipinski definition) is 4. The van der Waals surface area contributed by atoms with Gasteiger partial charge in [0.1, 0.15) is 11.5 Å². The zero-order valence-corrected chi connectivity index (χ0v) is 16.8. The molecule has 0 saturated carbocycles. The molecule has 0 radical (unpaired) electrons. The molecule has 1 aliphatic heterocycles. The van der Waals surface area contributed by atoms with Crippen LogP contribution in [0.5, 0.6) is 0 Å². The molecule has 6 heteroatoms. The second-order valence-corrected chi connectivity index (χ2v) is 7.71. The standard InChI is InChI=1S/C24H24FN5/c25-21-5-3-20(4-6-21)24-23(19-8-11-27-12-9-19)22-7-2-18(17-30(22)28-24)16-29-14-1-10-26-13-15-29/h2-9,11-12,17,26H,1,10,13-16H2. The van der Waals surface area contributed by atoms with Crippen molar-refractivity contribution in [3.8, 4) is 22.4 Å². The SMILES string of the molecule is Fc1ccc(-c2nn3cc(CN4CCCNCC4)ccc3c2-c2ccncc2)cc1. The number of aromatic nitrogens is 3. The van der Waals surface area contributed by atoms with Crippen LogP contribution in [0.4, 0.5) is 4.39 Å². The Hall–Kier alpha value is -3.09. The van der Waals surface area contributed by atoms with E-state index in [4.69, 9.17) is 5.10 Å². The van der Waals surface area contributed by atoms with Crippen molar-refractivity contribution in [3.63, 3.8) is 0 Å². The maximum Gasteiger partial charge on any atom is 0.123 e. The van der Waals surface area contributed by atoms with E-state index in [1.807, 2.05) is 16.6 Å². The predicted molar refractivity (Wildman–Crippen MR) is 117 cm³/mol. The van der Waals surface area contributed by atoms with Crippen LogP contribution >= 0.6 is 0 Å². The fourth-order valence-corrected chi connectivity index (χ4v) is 4.12. The van der Waals surface area contributed by atoms with Gasteiger partial charge in [-0.15, -0.1) is 0 Å². The summed E-state index contributed by atoms with van der Waals surface area (Å²) in [7, 11) is 0. The molecule has 1 aliphatic rings. The summed E-state index contributed by atoms with van der Waals surface area (Å²) >= 11 is 0. The minimum atomic E-state index is -0.248. The Labute approximate surface area is 175 Å². The third-order valence-corrected chi connectivity index (χ3v) is 5.62. The number of fused-ring (bicyclic) bond motifs is 1. The summed E-state index contributed by atoms with van der Waals surface area (Å²) in [6, 6.07) is 14.8. The molecule has 4 heterocycles.